The van der Waals surface area contributed by atoms with Crippen LogP contribution in [0.5, 0.6) is 0 Å². The molecule has 0 bridgehead atoms. The fourth-order valence-corrected chi connectivity index (χ4v) is 1.45. The number of halogens is 2. The first kappa shape index (κ1) is 9.42. The van der Waals surface area contributed by atoms with E-state index >= 15 is 0 Å². The number of aliphatic hydroxyl groups excluding tert-OH is 1. The predicted molar refractivity (Wildman–Crippen MR) is 53.0 cm³/mol. The molecule has 8 heavy (non-hydrogen) atoms. The minimum Gasteiger partial charge on any atom is -0.392 e. The summed E-state index contributed by atoms with van der Waals surface area (Å²) in [6.45, 7) is 2.00. The molecule has 0 radical (unpaired) electrons. The van der Waals surface area contributed by atoms with Gasteiger partial charge in [0, 0.05) is 8.35 Å². The molecular weight excluding hydrogens is 330 g/mol. The van der Waals surface area contributed by atoms with Crippen LogP contribution in [0.1, 0.15) is 13.3 Å². The Morgan fingerprint density at radius 1 is 1.62 bits per heavy atom. The second-order valence-electron chi connectivity index (χ2n) is 1.65. The van der Waals surface area contributed by atoms with Crippen molar-refractivity contribution >= 4 is 45.2 Å². The molecule has 0 aliphatic carbocycles. The van der Waals surface area contributed by atoms with E-state index < -0.39 is 0 Å². The minimum absolute atomic E-state index is 0.104. The molecule has 0 saturated carbocycles. The van der Waals surface area contributed by atoms with Crippen molar-refractivity contribution in [2.24, 2.45) is 0 Å². The Morgan fingerprint density at radius 3 is 2.25 bits per heavy atom. The lowest BCUT2D eigenvalue weighted by atomic mass is 10.2. The standard InChI is InChI=1S/C5H10I2O/c1-2-5(8)4(7)3-6/h4-5,8H,2-3H2,1H3. The van der Waals surface area contributed by atoms with Gasteiger partial charge in [0.1, 0.15) is 0 Å². The highest BCUT2D eigenvalue weighted by atomic mass is 127. The van der Waals surface area contributed by atoms with Crippen LogP contribution < -0.4 is 0 Å². The smallest absolute Gasteiger partial charge is 0.0662 e. The monoisotopic (exact) mass is 340 g/mol. The summed E-state index contributed by atoms with van der Waals surface area (Å²) in [6, 6.07) is 0. The molecule has 0 spiro atoms. The van der Waals surface area contributed by atoms with E-state index in [-0.39, 0.29) is 6.10 Å². The van der Waals surface area contributed by atoms with E-state index in [2.05, 4.69) is 45.2 Å². The summed E-state index contributed by atoms with van der Waals surface area (Å²) in [4.78, 5) is 0. The minimum atomic E-state index is -0.104. The van der Waals surface area contributed by atoms with Crippen molar-refractivity contribution in [2.75, 3.05) is 4.43 Å². The Morgan fingerprint density at radius 2 is 2.12 bits per heavy atom. The van der Waals surface area contributed by atoms with Crippen molar-refractivity contribution in [1.82, 2.24) is 0 Å². The Balaban J connectivity index is 3.29. The summed E-state index contributed by atoms with van der Waals surface area (Å²) < 4.78 is 1.46. The maximum absolute atomic E-state index is 9.11. The number of hydrogen-bond donors (Lipinski definition) is 1. The first-order valence-electron chi connectivity index (χ1n) is 2.60. The van der Waals surface area contributed by atoms with Crippen molar-refractivity contribution in [3.8, 4) is 0 Å². The van der Waals surface area contributed by atoms with E-state index in [1.165, 1.54) is 0 Å². The van der Waals surface area contributed by atoms with Crippen LogP contribution >= 0.6 is 45.2 Å². The molecule has 0 aromatic carbocycles. The van der Waals surface area contributed by atoms with Gasteiger partial charge >= 0.3 is 0 Å². The second kappa shape index (κ2) is 5.22. The highest BCUT2D eigenvalue weighted by Crippen LogP contribution is 2.11. The zero-order valence-corrected chi connectivity index (χ0v) is 9.09. The Kier molecular flexibility index (Phi) is 6.15. The average molecular weight is 340 g/mol. The van der Waals surface area contributed by atoms with Gasteiger partial charge in [-0.3, -0.25) is 0 Å². The van der Waals surface area contributed by atoms with Crippen molar-refractivity contribution in [1.29, 1.82) is 0 Å². The SMILES string of the molecule is CCC(O)C(I)CI. The van der Waals surface area contributed by atoms with Crippen LogP contribution in [0.4, 0.5) is 0 Å². The van der Waals surface area contributed by atoms with Crippen LogP contribution in [-0.2, 0) is 0 Å². The molecule has 0 aromatic rings. The summed E-state index contributed by atoms with van der Waals surface area (Å²) in [5, 5.41) is 9.11. The summed E-state index contributed by atoms with van der Waals surface area (Å²) >= 11 is 4.56. The van der Waals surface area contributed by atoms with Gasteiger partial charge in [-0.25, -0.2) is 0 Å². The topological polar surface area (TPSA) is 20.2 Å². The molecule has 0 heterocycles. The van der Waals surface area contributed by atoms with Crippen molar-refractivity contribution < 1.29 is 5.11 Å². The molecule has 50 valence electrons. The van der Waals surface area contributed by atoms with E-state index in [4.69, 9.17) is 5.11 Å². The Bertz CT molecular complexity index is 50.4. The summed E-state index contributed by atoms with van der Waals surface area (Å²) in [7, 11) is 0. The van der Waals surface area contributed by atoms with Gasteiger partial charge in [0.25, 0.3) is 0 Å². The summed E-state index contributed by atoms with van der Waals surface area (Å²) in [5.74, 6) is 0. The number of rotatable bonds is 3. The van der Waals surface area contributed by atoms with Gasteiger partial charge in [-0.05, 0) is 6.42 Å². The molecule has 0 aliphatic heterocycles. The summed E-state index contributed by atoms with van der Waals surface area (Å²) in [5.41, 5.74) is 0. The van der Waals surface area contributed by atoms with E-state index in [1.807, 2.05) is 6.92 Å². The largest absolute Gasteiger partial charge is 0.392 e. The predicted octanol–water partition coefficient (Wildman–Crippen LogP) is 2.00. The lowest BCUT2D eigenvalue weighted by molar-refractivity contribution is 0.178. The van der Waals surface area contributed by atoms with Gasteiger partial charge in [0.05, 0.1) is 6.10 Å². The van der Waals surface area contributed by atoms with Crippen LogP contribution in [0.15, 0.2) is 0 Å². The van der Waals surface area contributed by atoms with Gasteiger partial charge < -0.3 is 5.11 Å². The molecule has 0 amide bonds. The zero-order valence-electron chi connectivity index (χ0n) is 4.77. The lowest BCUT2D eigenvalue weighted by Gasteiger charge is -2.10. The van der Waals surface area contributed by atoms with Crippen molar-refractivity contribution in [3.63, 3.8) is 0 Å². The lowest BCUT2D eigenvalue weighted by Crippen LogP contribution is -2.19. The second-order valence-corrected chi connectivity index (χ2v) is 4.13. The number of alkyl halides is 2. The van der Waals surface area contributed by atoms with Crippen LogP contribution in [0.2, 0.25) is 0 Å². The third-order valence-electron chi connectivity index (χ3n) is 0.983. The summed E-state index contributed by atoms with van der Waals surface area (Å²) in [6.07, 6.45) is 0.767. The van der Waals surface area contributed by atoms with Gasteiger partial charge in [-0.1, -0.05) is 52.1 Å². The van der Waals surface area contributed by atoms with Crippen LogP contribution in [-0.4, -0.2) is 19.6 Å². The van der Waals surface area contributed by atoms with E-state index in [9.17, 15) is 0 Å². The first-order chi connectivity index (χ1) is 3.72. The Labute approximate surface area is 77.5 Å². The normalized spacial score (nSPS) is 18.0. The third kappa shape index (κ3) is 3.45. The molecule has 2 atom stereocenters. The highest BCUT2D eigenvalue weighted by molar-refractivity contribution is 14.1. The molecule has 3 heteroatoms. The number of hydrogen-bond acceptors (Lipinski definition) is 1. The highest BCUT2D eigenvalue weighted by Gasteiger charge is 2.10. The zero-order chi connectivity index (χ0) is 6.57. The van der Waals surface area contributed by atoms with E-state index in [0.29, 0.717) is 3.92 Å². The van der Waals surface area contributed by atoms with Gasteiger partial charge in [0.15, 0.2) is 0 Å². The van der Waals surface area contributed by atoms with Crippen LogP contribution in [0.3, 0.4) is 0 Å². The molecule has 0 fully saturated rings. The molecule has 2 unspecified atom stereocenters. The van der Waals surface area contributed by atoms with Crippen molar-refractivity contribution in [3.05, 3.63) is 0 Å². The third-order valence-corrected chi connectivity index (χ3v) is 4.89. The molecular formula is C5H10I2O. The molecule has 1 N–H and O–H groups in total. The molecule has 0 aromatic heterocycles. The maximum atomic E-state index is 9.11. The molecule has 1 nitrogen and oxygen atoms in total. The fourth-order valence-electron chi connectivity index (χ4n) is 0.359. The number of aliphatic hydroxyl groups is 1. The fraction of sp³-hybridized carbons (Fsp3) is 1.00. The van der Waals surface area contributed by atoms with E-state index in [1.54, 1.807) is 0 Å². The van der Waals surface area contributed by atoms with Gasteiger partial charge in [-0.2, -0.15) is 0 Å². The first-order valence-corrected chi connectivity index (χ1v) is 5.37. The molecule has 0 saturated heterocycles. The van der Waals surface area contributed by atoms with Crippen LogP contribution in [0.25, 0.3) is 0 Å². The quantitative estimate of drug-likeness (QED) is 0.616. The molecule has 0 aliphatic rings. The average Bonchev–Trinajstić information content (AvgIpc) is 1.84. The maximum Gasteiger partial charge on any atom is 0.0662 e. The van der Waals surface area contributed by atoms with Crippen molar-refractivity contribution in [2.45, 2.75) is 23.4 Å². The van der Waals surface area contributed by atoms with Gasteiger partial charge in [-0.15, -0.1) is 0 Å². The van der Waals surface area contributed by atoms with E-state index in [0.717, 1.165) is 10.8 Å². The van der Waals surface area contributed by atoms with Gasteiger partial charge in [0.2, 0.25) is 0 Å². The Hall–Kier alpha value is 1.42. The molecule has 0 rings (SSSR count). The van der Waals surface area contributed by atoms with Crippen LogP contribution in [0, 0.1) is 0 Å².